The van der Waals surface area contributed by atoms with Gasteiger partial charge >= 0.3 is 0 Å². The van der Waals surface area contributed by atoms with Crippen LogP contribution < -0.4 is 11.1 Å². The summed E-state index contributed by atoms with van der Waals surface area (Å²) in [6.45, 7) is 0.445. The largest absolute Gasteiger partial charge is 0.393 e. The zero-order valence-corrected chi connectivity index (χ0v) is 10.5. The van der Waals surface area contributed by atoms with Crippen molar-refractivity contribution in [2.75, 3.05) is 6.54 Å². The molecule has 1 aromatic rings. The Bertz CT molecular complexity index is 452. The number of carbonyl (C=O) groups excluding carboxylic acids is 1. The van der Waals surface area contributed by atoms with Crippen LogP contribution in [0.1, 0.15) is 29.6 Å². The molecule has 1 amide bonds. The molecule has 0 aliphatic rings. The Balaban J connectivity index is 2.36. The highest BCUT2D eigenvalue weighted by molar-refractivity contribution is 7.80. The number of amides is 1. The number of thiocarbonyl (C=S) groups is 1. The minimum Gasteiger partial charge on any atom is -0.393 e. The Labute approximate surface area is 109 Å². The Morgan fingerprint density at radius 1 is 1.28 bits per heavy atom. The Morgan fingerprint density at radius 2 is 2.00 bits per heavy atom. The predicted molar refractivity (Wildman–Crippen MR) is 69.3 cm³/mol. The molecule has 0 saturated carbocycles. The summed E-state index contributed by atoms with van der Waals surface area (Å²) < 4.78 is 25.5. The number of rotatable bonds is 6. The van der Waals surface area contributed by atoms with Gasteiger partial charge in [-0.2, -0.15) is 0 Å². The first-order chi connectivity index (χ1) is 8.50. The van der Waals surface area contributed by atoms with Gasteiger partial charge in [-0.1, -0.05) is 12.2 Å². The van der Waals surface area contributed by atoms with Crippen LogP contribution in [-0.2, 0) is 0 Å². The molecule has 0 fully saturated rings. The molecule has 1 aromatic carbocycles. The molecule has 0 saturated heterocycles. The van der Waals surface area contributed by atoms with Crippen LogP contribution in [0.3, 0.4) is 0 Å². The van der Waals surface area contributed by atoms with E-state index in [0.717, 1.165) is 25.0 Å². The molecular weight excluding hydrogens is 258 g/mol. The van der Waals surface area contributed by atoms with Crippen molar-refractivity contribution in [2.24, 2.45) is 5.73 Å². The van der Waals surface area contributed by atoms with Crippen LogP contribution >= 0.6 is 12.2 Å². The summed E-state index contributed by atoms with van der Waals surface area (Å²) in [7, 11) is 0. The highest BCUT2D eigenvalue weighted by Gasteiger charge is 2.08. The zero-order chi connectivity index (χ0) is 13.5. The summed E-state index contributed by atoms with van der Waals surface area (Å²) in [5, 5.41) is 2.61. The molecule has 18 heavy (non-hydrogen) atoms. The van der Waals surface area contributed by atoms with Gasteiger partial charge in [0.25, 0.3) is 5.91 Å². The van der Waals surface area contributed by atoms with Crippen LogP contribution in [0.2, 0.25) is 0 Å². The maximum atomic E-state index is 12.9. The van der Waals surface area contributed by atoms with E-state index in [9.17, 15) is 13.6 Å². The van der Waals surface area contributed by atoms with E-state index in [1.807, 2.05) is 0 Å². The van der Waals surface area contributed by atoms with Gasteiger partial charge in [-0.25, -0.2) is 8.78 Å². The number of halogens is 2. The van der Waals surface area contributed by atoms with Gasteiger partial charge in [-0.05, 0) is 37.5 Å². The van der Waals surface area contributed by atoms with E-state index >= 15 is 0 Å². The van der Waals surface area contributed by atoms with E-state index in [2.05, 4.69) is 5.32 Å². The highest BCUT2D eigenvalue weighted by Crippen LogP contribution is 2.08. The molecule has 98 valence electrons. The lowest BCUT2D eigenvalue weighted by atomic mass is 10.2. The van der Waals surface area contributed by atoms with Crippen molar-refractivity contribution in [3.8, 4) is 0 Å². The van der Waals surface area contributed by atoms with E-state index in [1.54, 1.807) is 0 Å². The van der Waals surface area contributed by atoms with Crippen LogP contribution in [0.25, 0.3) is 0 Å². The molecule has 0 atom stereocenters. The Hall–Kier alpha value is -1.56. The second kappa shape index (κ2) is 7.00. The lowest BCUT2D eigenvalue weighted by molar-refractivity contribution is 0.0952. The lowest BCUT2D eigenvalue weighted by Crippen LogP contribution is -2.24. The lowest BCUT2D eigenvalue weighted by Gasteiger charge is -2.05. The number of unbranched alkanes of at least 4 members (excludes halogenated alkanes) is 1. The van der Waals surface area contributed by atoms with E-state index in [4.69, 9.17) is 18.0 Å². The molecule has 0 unspecified atom stereocenters. The maximum absolute atomic E-state index is 12.9. The first-order valence-corrected chi connectivity index (χ1v) is 5.93. The van der Waals surface area contributed by atoms with Crippen molar-refractivity contribution >= 4 is 23.1 Å². The van der Waals surface area contributed by atoms with Gasteiger partial charge in [-0.3, -0.25) is 4.79 Å². The Kier molecular flexibility index (Phi) is 5.64. The van der Waals surface area contributed by atoms with Gasteiger partial charge in [0.2, 0.25) is 0 Å². The SMILES string of the molecule is NC(=S)CCCCNC(=O)c1ccc(F)c(F)c1. The van der Waals surface area contributed by atoms with Gasteiger partial charge < -0.3 is 11.1 Å². The Morgan fingerprint density at radius 3 is 2.61 bits per heavy atom. The molecule has 3 nitrogen and oxygen atoms in total. The van der Waals surface area contributed by atoms with Gasteiger partial charge in [0.15, 0.2) is 11.6 Å². The molecule has 0 radical (unpaired) electrons. The van der Waals surface area contributed by atoms with E-state index in [-0.39, 0.29) is 5.56 Å². The van der Waals surface area contributed by atoms with Crippen molar-refractivity contribution in [3.05, 3.63) is 35.4 Å². The number of hydrogen-bond acceptors (Lipinski definition) is 2. The average Bonchev–Trinajstić information content (AvgIpc) is 2.31. The standard InChI is InChI=1S/C12H14F2N2OS/c13-9-5-4-8(7-10(9)14)12(17)16-6-2-1-3-11(15)18/h4-5,7H,1-3,6H2,(H2,15,18)(H,16,17). The summed E-state index contributed by atoms with van der Waals surface area (Å²) in [5.41, 5.74) is 5.42. The zero-order valence-electron chi connectivity index (χ0n) is 9.71. The maximum Gasteiger partial charge on any atom is 0.251 e. The average molecular weight is 272 g/mol. The van der Waals surface area contributed by atoms with Crippen LogP contribution in [-0.4, -0.2) is 17.4 Å². The summed E-state index contributed by atoms with van der Waals surface area (Å²) in [6.07, 6.45) is 2.15. The quantitative estimate of drug-likeness (QED) is 0.616. The smallest absolute Gasteiger partial charge is 0.251 e. The third-order valence-corrected chi connectivity index (χ3v) is 2.52. The predicted octanol–water partition coefficient (Wildman–Crippen LogP) is 2.15. The van der Waals surface area contributed by atoms with Crippen LogP contribution in [0.4, 0.5) is 8.78 Å². The van der Waals surface area contributed by atoms with E-state index in [0.29, 0.717) is 18.0 Å². The van der Waals surface area contributed by atoms with Crippen LogP contribution in [0, 0.1) is 11.6 Å². The summed E-state index contributed by atoms with van der Waals surface area (Å²) in [6, 6.07) is 3.04. The van der Waals surface area contributed by atoms with Crippen molar-refractivity contribution in [1.29, 1.82) is 0 Å². The number of nitrogens with two attached hydrogens (primary N) is 1. The van der Waals surface area contributed by atoms with E-state index in [1.165, 1.54) is 6.07 Å². The number of hydrogen-bond donors (Lipinski definition) is 2. The molecule has 6 heteroatoms. The molecule has 0 spiro atoms. The third kappa shape index (κ3) is 4.75. The normalized spacial score (nSPS) is 10.1. The fraction of sp³-hybridized carbons (Fsp3) is 0.333. The van der Waals surface area contributed by atoms with Crippen molar-refractivity contribution in [1.82, 2.24) is 5.32 Å². The minimum atomic E-state index is -1.03. The fourth-order valence-corrected chi connectivity index (χ4v) is 1.51. The molecule has 0 heterocycles. The van der Waals surface area contributed by atoms with Crippen molar-refractivity contribution < 1.29 is 13.6 Å². The molecule has 0 aromatic heterocycles. The first-order valence-electron chi connectivity index (χ1n) is 5.52. The monoisotopic (exact) mass is 272 g/mol. The summed E-state index contributed by atoms with van der Waals surface area (Å²) in [5.74, 6) is -2.43. The van der Waals surface area contributed by atoms with Gasteiger partial charge in [0.1, 0.15) is 0 Å². The molecule has 3 N–H and O–H groups in total. The van der Waals surface area contributed by atoms with Crippen molar-refractivity contribution in [3.63, 3.8) is 0 Å². The van der Waals surface area contributed by atoms with Crippen LogP contribution in [0.15, 0.2) is 18.2 Å². The summed E-state index contributed by atoms with van der Waals surface area (Å²) in [4.78, 5) is 12.0. The first kappa shape index (κ1) is 14.5. The molecule has 0 aliphatic heterocycles. The van der Waals surface area contributed by atoms with Gasteiger partial charge in [-0.15, -0.1) is 0 Å². The third-order valence-electron chi connectivity index (χ3n) is 2.32. The highest BCUT2D eigenvalue weighted by atomic mass is 32.1. The van der Waals surface area contributed by atoms with Crippen LogP contribution in [0.5, 0.6) is 0 Å². The molecule has 0 bridgehead atoms. The second-order valence-corrected chi connectivity index (χ2v) is 4.33. The fourth-order valence-electron chi connectivity index (χ4n) is 1.37. The van der Waals surface area contributed by atoms with Gasteiger partial charge in [0.05, 0.1) is 4.99 Å². The topological polar surface area (TPSA) is 55.1 Å². The molecule has 1 rings (SSSR count). The van der Waals surface area contributed by atoms with Crippen molar-refractivity contribution in [2.45, 2.75) is 19.3 Å². The number of nitrogens with one attached hydrogen (secondary N) is 1. The summed E-state index contributed by atoms with van der Waals surface area (Å²) >= 11 is 4.71. The molecule has 0 aliphatic carbocycles. The molecular formula is C12H14F2N2OS. The number of carbonyl (C=O) groups is 1. The number of benzene rings is 1. The second-order valence-electron chi connectivity index (χ2n) is 3.81. The minimum absolute atomic E-state index is 0.100. The van der Waals surface area contributed by atoms with Gasteiger partial charge in [0, 0.05) is 12.1 Å². The van der Waals surface area contributed by atoms with E-state index < -0.39 is 17.5 Å².